The van der Waals surface area contributed by atoms with Gasteiger partial charge in [0, 0.05) is 6.42 Å². The minimum Gasteiger partial charge on any atom is -0.481 e. The van der Waals surface area contributed by atoms with Crippen LogP contribution in [0.5, 0.6) is 0 Å². The average molecular weight is 234 g/mol. The van der Waals surface area contributed by atoms with Gasteiger partial charge in [0.05, 0.1) is 0 Å². The molecule has 8 heteroatoms. The second-order valence-electron chi connectivity index (χ2n) is 3.13. The van der Waals surface area contributed by atoms with Gasteiger partial charge in [0.15, 0.2) is 0 Å². The zero-order chi connectivity index (χ0) is 12.7. The summed E-state index contributed by atoms with van der Waals surface area (Å²) < 4.78 is 0. The molecule has 8 nitrogen and oxygen atoms in total. The molecule has 0 aromatic heterocycles. The lowest BCUT2D eigenvalue weighted by atomic mass is 10.2. The Morgan fingerprint density at radius 3 is 2.12 bits per heavy atom. The molecule has 0 fully saturated rings. The highest BCUT2D eigenvalue weighted by Gasteiger charge is 2.20. The van der Waals surface area contributed by atoms with Crippen LogP contribution in [0.4, 0.5) is 0 Å². The topological polar surface area (TPSA) is 142 Å². The number of rotatable bonds is 5. The smallest absolute Gasteiger partial charge is 0.372 e. The highest BCUT2D eigenvalue weighted by Crippen LogP contribution is 1.98. The normalized spacial score (nSPS) is 13.7. The Bertz CT molecular complexity index is 278. The molecular weight excluding hydrogens is 220 g/mol. The SMILES string of the molecule is C[C@@H](N)C(=O)OOC(=O)[C@H](N)CCC(=O)O. The minimum absolute atomic E-state index is 0.107. The first-order chi connectivity index (χ1) is 7.34. The number of hydrogen-bond donors (Lipinski definition) is 3. The highest BCUT2D eigenvalue weighted by molar-refractivity contribution is 5.79. The summed E-state index contributed by atoms with van der Waals surface area (Å²) in [5.74, 6) is -3.02. The molecule has 0 aromatic rings. The van der Waals surface area contributed by atoms with Crippen molar-refractivity contribution in [3.8, 4) is 0 Å². The molecule has 0 saturated carbocycles. The van der Waals surface area contributed by atoms with Crippen LogP contribution in [0.25, 0.3) is 0 Å². The van der Waals surface area contributed by atoms with Gasteiger partial charge >= 0.3 is 17.9 Å². The van der Waals surface area contributed by atoms with Gasteiger partial charge in [-0.05, 0) is 13.3 Å². The summed E-state index contributed by atoms with van der Waals surface area (Å²) in [6.07, 6.45) is -0.387. The van der Waals surface area contributed by atoms with Gasteiger partial charge in [-0.15, -0.1) is 0 Å². The molecule has 0 aliphatic heterocycles. The van der Waals surface area contributed by atoms with E-state index in [2.05, 4.69) is 9.78 Å². The number of carboxylic acid groups (broad SMARTS) is 1. The van der Waals surface area contributed by atoms with Crippen LogP contribution in [-0.2, 0) is 24.2 Å². The number of carboxylic acids is 1. The third-order valence-electron chi connectivity index (χ3n) is 1.55. The van der Waals surface area contributed by atoms with Gasteiger partial charge in [-0.25, -0.2) is 19.4 Å². The van der Waals surface area contributed by atoms with Gasteiger partial charge in [0.2, 0.25) is 0 Å². The van der Waals surface area contributed by atoms with E-state index in [1.165, 1.54) is 6.92 Å². The van der Waals surface area contributed by atoms with E-state index in [-0.39, 0.29) is 12.8 Å². The van der Waals surface area contributed by atoms with Crippen LogP contribution >= 0.6 is 0 Å². The predicted molar refractivity (Wildman–Crippen MR) is 50.7 cm³/mol. The maximum atomic E-state index is 11.0. The Morgan fingerprint density at radius 1 is 1.19 bits per heavy atom. The monoisotopic (exact) mass is 234 g/mol. The summed E-state index contributed by atoms with van der Waals surface area (Å²) in [5.41, 5.74) is 10.4. The largest absolute Gasteiger partial charge is 0.481 e. The van der Waals surface area contributed by atoms with E-state index >= 15 is 0 Å². The first-order valence-electron chi connectivity index (χ1n) is 4.49. The number of nitrogens with two attached hydrogens (primary N) is 2. The Hall–Kier alpha value is -1.67. The van der Waals surface area contributed by atoms with Gasteiger partial charge in [-0.2, -0.15) is 0 Å². The molecule has 92 valence electrons. The molecule has 5 N–H and O–H groups in total. The van der Waals surface area contributed by atoms with Gasteiger partial charge in [0.25, 0.3) is 0 Å². The van der Waals surface area contributed by atoms with Crippen LogP contribution in [-0.4, -0.2) is 35.1 Å². The molecule has 0 rings (SSSR count). The standard InChI is InChI=1S/C8H14N2O6/c1-4(9)7(13)15-16-8(14)5(10)2-3-6(11)12/h4-5H,2-3,9-10H2,1H3,(H,11,12)/t4-,5-/m1/s1. The van der Waals surface area contributed by atoms with E-state index in [9.17, 15) is 14.4 Å². The van der Waals surface area contributed by atoms with E-state index < -0.39 is 30.0 Å². The van der Waals surface area contributed by atoms with Crippen molar-refractivity contribution in [3.63, 3.8) is 0 Å². The second-order valence-corrected chi connectivity index (χ2v) is 3.13. The molecule has 0 aromatic carbocycles. The number of carbonyl (C=O) groups excluding carboxylic acids is 2. The van der Waals surface area contributed by atoms with Crippen molar-refractivity contribution in [1.29, 1.82) is 0 Å². The molecule has 0 saturated heterocycles. The summed E-state index contributed by atoms with van der Waals surface area (Å²) >= 11 is 0. The van der Waals surface area contributed by atoms with Crippen molar-refractivity contribution in [3.05, 3.63) is 0 Å². The molecule has 0 aliphatic carbocycles. The fourth-order valence-electron chi connectivity index (χ4n) is 0.617. The fourth-order valence-corrected chi connectivity index (χ4v) is 0.617. The van der Waals surface area contributed by atoms with Crippen molar-refractivity contribution in [2.45, 2.75) is 31.8 Å². The van der Waals surface area contributed by atoms with E-state index in [0.717, 1.165) is 0 Å². The molecule has 0 amide bonds. The predicted octanol–water partition coefficient (Wildman–Crippen LogP) is -1.47. The molecule has 0 aliphatic rings. The van der Waals surface area contributed by atoms with E-state index in [0.29, 0.717) is 0 Å². The summed E-state index contributed by atoms with van der Waals surface area (Å²) in [4.78, 5) is 40.1. The zero-order valence-corrected chi connectivity index (χ0v) is 8.71. The quantitative estimate of drug-likeness (QED) is 0.386. The van der Waals surface area contributed by atoms with Crippen molar-refractivity contribution >= 4 is 17.9 Å². The Kier molecular flexibility index (Phi) is 6.04. The average Bonchev–Trinajstić information content (AvgIpc) is 2.21. The summed E-state index contributed by atoms with van der Waals surface area (Å²) in [7, 11) is 0. The fraction of sp³-hybridized carbons (Fsp3) is 0.625. The molecular formula is C8H14N2O6. The van der Waals surface area contributed by atoms with Crippen LogP contribution in [0.2, 0.25) is 0 Å². The molecule has 2 atom stereocenters. The van der Waals surface area contributed by atoms with E-state index in [1.807, 2.05) is 0 Å². The van der Waals surface area contributed by atoms with Crippen molar-refractivity contribution < 1.29 is 29.3 Å². The van der Waals surface area contributed by atoms with E-state index in [1.54, 1.807) is 0 Å². The van der Waals surface area contributed by atoms with Crippen LogP contribution in [0.15, 0.2) is 0 Å². The molecule has 0 unspecified atom stereocenters. The van der Waals surface area contributed by atoms with Gasteiger partial charge in [-0.1, -0.05) is 0 Å². The Labute approximate surface area is 91.4 Å². The van der Waals surface area contributed by atoms with Crippen LogP contribution < -0.4 is 11.5 Å². The molecule has 0 radical (unpaired) electrons. The molecule has 0 spiro atoms. The first kappa shape index (κ1) is 14.3. The maximum Gasteiger partial charge on any atom is 0.372 e. The van der Waals surface area contributed by atoms with Gasteiger partial charge in [-0.3, -0.25) is 4.79 Å². The summed E-state index contributed by atoms with van der Waals surface area (Å²) in [6, 6.07) is -2.08. The summed E-state index contributed by atoms with van der Waals surface area (Å²) in [6.45, 7) is 1.35. The first-order valence-corrected chi connectivity index (χ1v) is 4.49. The highest BCUT2D eigenvalue weighted by atomic mass is 17.2. The zero-order valence-electron chi connectivity index (χ0n) is 8.71. The maximum absolute atomic E-state index is 11.0. The van der Waals surface area contributed by atoms with Crippen LogP contribution in [0, 0.1) is 0 Å². The lowest BCUT2D eigenvalue weighted by molar-refractivity contribution is -0.260. The third kappa shape index (κ3) is 5.94. The molecule has 0 bridgehead atoms. The lowest BCUT2D eigenvalue weighted by Crippen LogP contribution is -2.35. The van der Waals surface area contributed by atoms with Crippen molar-refractivity contribution in [2.24, 2.45) is 11.5 Å². The molecule has 16 heavy (non-hydrogen) atoms. The third-order valence-corrected chi connectivity index (χ3v) is 1.55. The van der Waals surface area contributed by atoms with Crippen LogP contribution in [0.1, 0.15) is 19.8 Å². The molecule has 0 heterocycles. The Morgan fingerprint density at radius 2 is 1.69 bits per heavy atom. The number of hydrogen-bond acceptors (Lipinski definition) is 7. The second kappa shape index (κ2) is 6.75. The van der Waals surface area contributed by atoms with Crippen LogP contribution in [0.3, 0.4) is 0 Å². The van der Waals surface area contributed by atoms with Gasteiger partial charge in [0.1, 0.15) is 12.1 Å². The number of carbonyl (C=O) groups is 3. The lowest BCUT2D eigenvalue weighted by Gasteiger charge is -2.09. The van der Waals surface area contributed by atoms with Gasteiger partial charge < -0.3 is 16.6 Å². The Balaban J connectivity index is 3.88. The van der Waals surface area contributed by atoms with E-state index in [4.69, 9.17) is 16.6 Å². The van der Waals surface area contributed by atoms with Crippen molar-refractivity contribution in [2.75, 3.05) is 0 Å². The van der Waals surface area contributed by atoms with Crippen molar-refractivity contribution in [1.82, 2.24) is 0 Å². The summed E-state index contributed by atoms with van der Waals surface area (Å²) in [5, 5.41) is 8.33. The minimum atomic E-state index is -1.16. The number of aliphatic carboxylic acids is 1.